The van der Waals surface area contributed by atoms with E-state index in [1.165, 1.54) is 6.92 Å². The van der Waals surface area contributed by atoms with Gasteiger partial charge in [0.2, 0.25) is 8.32 Å². The van der Waals surface area contributed by atoms with Crippen LogP contribution in [0.25, 0.3) is 0 Å². The highest BCUT2D eigenvalue weighted by atomic mass is 32.2. The number of rotatable bonds is 9. The molecule has 170 valence electrons. The van der Waals surface area contributed by atoms with Crippen LogP contribution in [-0.2, 0) is 21.1 Å². The summed E-state index contributed by atoms with van der Waals surface area (Å²) in [4.78, 5) is 12.1. The standard InChI is InChI=1S/C25H36O4SSi/c1-19-8-15-23(16-9-19)30(27,28)24(18-20(2)26)17-12-21-10-13-22(14-11-21)29-31(6,7)25(3,4)5/h8-11,13-16,24H,12,17-18H2,1-7H3. The number of Topliss-reactive ketones (excluding diaryl/α,β-unsaturated/α-hetero) is 1. The van der Waals surface area contributed by atoms with E-state index in [9.17, 15) is 13.2 Å². The average Bonchev–Trinajstić information content (AvgIpc) is 2.65. The third-order valence-electron chi connectivity index (χ3n) is 6.16. The van der Waals surface area contributed by atoms with Crippen molar-refractivity contribution in [3.05, 3.63) is 59.7 Å². The van der Waals surface area contributed by atoms with Gasteiger partial charge in [-0.15, -0.1) is 0 Å². The van der Waals surface area contributed by atoms with Crippen LogP contribution in [0.4, 0.5) is 0 Å². The number of benzene rings is 2. The number of hydrogen-bond acceptors (Lipinski definition) is 4. The Bertz CT molecular complexity index is 985. The summed E-state index contributed by atoms with van der Waals surface area (Å²) in [6, 6.07) is 14.7. The maximum Gasteiger partial charge on any atom is 0.250 e. The van der Waals surface area contributed by atoms with Gasteiger partial charge >= 0.3 is 0 Å². The number of sulfone groups is 1. The molecule has 0 aliphatic rings. The van der Waals surface area contributed by atoms with E-state index in [1.54, 1.807) is 24.3 Å². The van der Waals surface area contributed by atoms with Gasteiger partial charge in [0.05, 0.1) is 10.1 Å². The van der Waals surface area contributed by atoms with Crippen LogP contribution in [0.15, 0.2) is 53.4 Å². The van der Waals surface area contributed by atoms with Gasteiger partial charge in [-0.2, -0.15) is 0 Å². The second-order valence-electron chi connectivity index (χ2n) is 9.93. The van der Waals surface area contributed by atoms with Gasteiger partial charge in [-0.05, 0) is 74.7 Å². The predicted molar refractivity (Wildman–Crippen MR) is 130 cm³/mol. The Hall–Kier alpha value is -1.92. The minimum absolute atomic E-state index is 0.0305. The lowest BCUT2D eigenvalue weighted by atomic mass is 10.1. The van der Waals surface area contributed by atoms with E-state index in [2.05, 4.69) is 33.9 Å². The number of aryl methyl sites for hydroxylation is 2. The molecule has 1 unspecified atom stereocenters. The van der Waals surface area contributed by atoms with Gasteiger partial charge in [-0.3, -0.25) is 4.79 Å². The van der Waals surface area contributed by atoms with Crippen LogP contribution in [0, 0.1) is 6.92 Å². The predicted octanol–water partition coefficient (Wildman–Crippen LogP) is 6.13. The van der Waals surface area contributed by atoms with E-state index >= 15 is 0 Å². The van der Waals surface area contributed by atoms with E-state index in [4.69, 9.17) is 4.43 Å². The van der Waals surface area contributed by atoms with Crippen molar-refractivity contribution >= 4 is 23.9 Å². The molecule has 1 atom stereocenters. The van der Waals surface area contributed by atoms with Crippen molar-refractivity contribution in [2.24, 2.45) is 0 Å². The van der Waals surface area contributed by atoms with Gasteiger partial charge in [0.15, 0.2) is 9.84 Å². The van der Waals surface area contributed by atoms with Crippen LogP contribution in [0.3, 0.4) is 0 Å². The van der Waals surface area contributed by atoms with Crippen molar-refractivity contribution in [2.75, 3.05) is 0 Å². The minimum atomic E-state index is -3.57. The zero-order valence-electron chi connectivity index (χ0n) is 19.9. The number of carbonyl (C=O) groups is 1. The fraction of sp³-hybridized carbons (Fsp3) is 0.480. The van der Waals surface area contributed by atoms with Gasteiger partial charge in [0, 0.05) is 6.42 Å². The van der Waals surface area contributed by atoms with Crippen molar-refractivity contribution in [3.8, 4) is 5.75 Å². The molecule has 4 nitrogen and oxygen atoms in total. The largest absolute Gasteiger partial charge is 0.544 e. The van der Waals surface area contributed by atoms with Crippen molar-refractivity contribution < 1.29 is 17.6 Å². The van der Waals surface area contributed by atoms with Gasteiger partial charge in [-0.25, -0.2) is 8.42 Å². The van der Waals surface area contributed by atoms with Crippen molar-refractivity contribution in [2.45, 2.75) is 82.2 Å². The Morgan fingerprint density at radius 3 is 2.03 bits per heavy atom. The van der Waals surface area contributed by atoms with Gasteiger partial charge in [0.25, 0.3) is 0 Å². The Labute approximate surface area is 189 Å². The Morgan fingerprint density at radius 2 is 1.55 bits per heavy atom. The zero-order valence-corrected chi connectivity index (χ0v) is 21.7. The highest BCUT2D eigenvalue weighted by molar-refractivity contribution is 7.92. The van der Waals surface area contributed by atoms with Crippen LogP contribution >= 0.6 is 0 Å². The fourth-order valence-electron chi connectivity index (χ4n) is 3.11. The summed E-state index contributed by atoms with van der Waals surface area (Å²) in [5.74, 6) is 0.738. The van der Waals surface area contributed by atoms with E-state index in [0.29, 0.717) is 12.8 Å². The molecule has 0 aliphatic heterocycles. The normalized spacial score (nSPS) is 13.6. The molecular weight excluding hydrogens is 424 g/mol. The molecule has 2 aromatic carbocycles. The Balaban J connectivity index is 2.13. The second-order valence-corrected chi connectivity index (χ2v) is 16.9. The van der Waals surface area contributed by atoms with E-state index < -0.39 is 23.4 Å². The number of hydrogen-bond donors (Lipinski definition) is 0. The van der Waals surface area contributed by atoms with Gasteiger partial charge in [-0.1, -0.05) is 50.6 Å². The first-order chi connectivity index (χ1) is 14.2. The molecule has 0 spiro atoms. The molecule has 0 aromatic heterocycles. The monoisotopic (exact) mass is 460 g/mol. The van der Waals surface area contributed by atoms with Crippen LogP contribution in [0.1, 0.15) is 51.7 Å². The second kappa shape index (κ2) is 9.70. The first-order valence-electron chi connectivity index (χ1n) is 10.8. The minimum Gasteiger partial charge on any atom is -0.544 e. The first kappa shape index (κ1) is 25.3. The van der Waals surface area contributed by atoms with E-state index in [1.807, 2.05) is 31.2 Å². The maximum absolute atomic E-state index is 13.1. The topological polar surface area (TPSA) is 60.4 Å². The van der Waals surface area contributed by atoms with Crippen molar-refractivity contribution in [1.82, 2.24) is 0 Å². The molecule has 0 aliphatic carbocycles. The lowest BCUT2D eigenvalue weighted by Gasteiger charge is -2.36. The molecule has 6 heteroatoms. The average molecular weight is 461 g/mol. The first-order valence-corrected chi connectivity index (χ1v) is 15.3. The highest BCUT2D eigenvalue weighted by Crippen LogP contribution is 2.37. The summed E-state index contributed by atoms with van der Waals surface area (Å²) >= 11 is 0. The van der Waals surface area contributed by atoms with Crippen LogP contribution in [0.2, 0.25) is 18.1 Å². The maximum atomic E-state index is 13.1. The molecule has 2 aromatic rings. The molecular formula is C25H36O4SSi. The van der Waals surface area contributed by atoms with E-state index in [0.717, 1.165) is 16.9 Å². The quantitative estimate of drug-likeness (QED) is 0.422. The van der Waals surface area contributed by atoms with Crippen LogP contribution < -0.4 is 4.43 Å². The van der Waals surface area contributed by atoms with E-state index in [-0.39, 0.29) is 22.1 Å². The SMILES string of the molecule is CC(=O)CC(CCc1ccc(O[Si](C)(C)C(C)(C)C)cc1)S(=O)(=O)c1ccc(C)cc1. The van der Waals surface area contributed by atoms with Gasteiger partial charge in [0.1, 0.15) is 11.5 Å². The highest BCUT2D eigenvalue weighted by Gasteiger charge is 2.39. The third-order valence-corrected chi connectivity index (χ3v) is 12.7. The molecule has 0 N–H and O–H groups in total. The van der Waals surface area contributed by atoms with Crippen LogP contribution in [-0.4, -0.2) is 27.8 Å². The molecule has 0 saturated heterocycles. The molecule has 0 saturated carbocycles. The number of carbonyl (C=O) groups excluding carboxylic acids is 1. The lowest BCUT2D eigenvalue weighted by molar-refractivity contribution is -0.117. The smallest absolute Gasteiger partial charge is 0.250 e. The molecule has 0 amide bonds. The van der Waals surface area contributed by atoms with Gasteiger partial charge < -0.3 is 4.43 Å². The molecule has 0 heterocycles. The molecule has 0 radical (unpaired) electrons. The summed E-state index contributed by atoms with van der Waals surface area (Å²) in [5.41, 5.74) is 2.04. The summed E-state index contributed by atoms with van der Waals surface area (Å²) in [5, 5.41) is -0.605. The fourth-order valence-corrected chi connectivity index (χ4v) is 5.92. The van der Waals surface area contributed by atoms with Crippen LogP contribution in [0.5, 0.6) is 5.75 Å². The third kappa shape index (κ3) is 6.78. The Morgan fingerprint density at radius 1 is 1.00 bits per heavy atom. The Kier molecular flexibility index (Phi) is 7.92. The van der Waals surface area contributed by atoms with Crippen molar-refractivity contribution in [3.63, 3.8) is 0 Å². The summed E-state index contributed by atoms with van der Waals surface area (Å²) in [7, 11) is -5.47. The van der Waals surface area contributed by atoms with Crippen molar-refractivity contribution in [1.29, 1.82) is 0 Å². The zero-order chi connectivity index (χ0) is 23.4. The lowest BCUT2D eigenvalue weighted by Crippen LogP contribution is -2.43. The number of ketones is 1. The summed E-state index contributed by atoms with van der Waals surface area (Å²) in [6.45, 7) is 14.4. The summed E-state index contributed by atoms with van der Waals surface area (Å²) in [6.07, 6.45) is 1.02. The molecule has 2 rings (SSSR count). The molecule has 0 bridgehead atoms. The summed E-state index contributed by atoms with van der Waals surface area (Å²) < 4.78 is 32.6. The molecule has 0 fully saturated rings. The molecule has 31 heavy (non-hydrogen) atoms.